The van der Waals surface area contributed by atoms with Crippen LogP contribution in [-0.4, -0.2) is 36.9 Å². The minimum atomic E-state index is -0.576. The summed E-state index contributed by atoms with van der Waals surface area (Å²) in [7, 11) is 0. The number of benzene rings is 1. The van der Waals surface area contributed by atoms with Crippen molar-refractivity contribution in [3.05, 3.63) is 29.8 Å². The van der Waals surface area contributed by atoms with Crippen molar-refractivity contribution in [3.63, 3.8) is 0 Å². The van der Waals surface area contributed by atoms with Crippen LogP contribution in [0.2, 0.25) is 0 Å². The minimum absolute atomic E-state index is 0.158. The highest BCUT2D eigenvalue weighted by Crippen LogP contribution is 2.33. The third-order valence-electron chi connectivity index (χ3n) is 3.22. The first-order chi connectivity index (χ1) is 10.3. The van der Waals surface area contributed by atoms with Gasteiger partial charge in [-0.2, -0.15) is 0 Å². The second-order valence-corrected chi connectivity index (χ2v) is 6.32. The van der Waals surface area contributed by atoms with Crippen molar-refractivity contribution in [1.29, 1.82) is 0 Å². The highest BCUT2D eigenvalue weighted by atomic mass is 16.6. The number of anilines is 1. The highest BCUT2D eigenvalue weighted by molar-refractivity contribution is 5.91. The molecule has 1 atom stereocenters. The van der Waals surface area contributed by atoms with E-state index in [2.05, 4.69) is 0 Å². The molecule has 0 saturated heterocycles. The fourth-order valence-corrected chi connectivity index (χ4v) is 2.45. The Morgan fingerprint density at radius 3 is 2.64 bits per heavy atom. The highest BCUT2D eigenvalue weighted by Gasteiger charge is 2.36. The molecule has 1 aliphatic heterocycles. The zero-order chi connectivity index (χ0) is 16.3. The Hall–Kier alpha value is -2.08. The number of amides is 2. The number of carbonyl (C=O) groups is 2. The summed E-state index contributed by atoms with van der Waals surface area (Å²) >= 11 is 0. The van der Waals surface area contributed by atoms with E-state index >= 15 is 0 Å². The molecule has 1 unspecified atom stereocenters. The number of hydrogen-bond donors (Lipinski definition) is 1. The maximum Gasteiger partial charge on any atom is 0.415 e. The van der Waals surface area contributed by atoms with E-state index in [1.807, 2.05) is 45.0 Å². The molecule has 0 spiro atoms. The van der Waals surface area contributed by atoms with Gasteiger partial charge in [0.05, 0.1) is 18.3 Å². The van der Waals surface area contributed by atoms with E-state index in [-0.39, 0.29) is 19.3 Å². The van der Waals surface area contributed by atoms with Gasteiger partial charge < -0.3 is 15.2 Å². The van der Waals surface area contributed by atoms with Gasteiger partial charge in [-0.05, 0) is 38.8 Å². The lowest BCUT2D eigenvalue weighted by Gasteiger charge is -2.29. The average molecular weight is 306 g/mol. The molecule has 120 valence electrons. The summed E-state index contributed by atoms with van der Waals surface area (Å²) in [5, 5.41) is 0. The minimum Gasteiger partial charge on any atom is -0.443 e. The van der Waals surface area contributed by atoms with Crippen molar-refractivity contribution in [2.24, 2.45) is 5.73 Å². The number of para-hydroxylation sites is 1. The Labute approximate surface area is 130 Å². The molecule has 1 aliphatic rings. The smallest absolute Gasteiger partial charge is 0.415 e. The molecule has 0 aliphatic carbocycles. The van der Waals surface area contributed by atoms with Crippen LogP contribution in [-0.2, 0) is 20.7 Å². The summed E-state index contributed by atoms with van der Waals surface area (Å²) in [6.07, 6.45) is 0.249. The van der Waals surface area contributed by atoms with Crippen LogP contribution in [0.5, 0.6) is 0 Å². The normalized spacial score (nSPS) is 17.2. The molecule has 2 amide bonds. The van der Waals surface area contributed by atoms with E-state index in [0.29, 0.717) is 6.42 Å². The van der Waals surface area contributed by atoms with Gasteiger partial charge in [-0.3, -0.25) is 9.69 Å². The Morgan fingerprint density at radius 2 is 2.00 bits per heavy atom. The largest absolute Gasteiger partial charge is 0.443 e. The number of fused-ring (bicyclic) bond motifs is 1. The first kappa shape index (κ1) is 16.3. The standard InChI is InChI=1S/C16H22N2O4/c1-16(2,3)22-15(20)18-12(9-21-10-14(17)19)8-11-6-4-5-7-13(11)18/h4-7,12H,8-10H2,1-3H3,(H2,17,19). The van der Waals surface area contributed by atoms with Crippen molar-refractivity contribution >= 4 is 17.7 Å². The molecule has 0 aromatic heterocycles. The number of nitrogens with zero attached hydrogens (tertiary/aromatic N) is 1. The zero-order valence-corrected chi connectivity index (χ0v) is 13.2. The Balaban J connectivity index is 2.15. The Bertz CT molecular complexity index is 566. The second-order valence-electron chi connectivity index (χ2n) is 6.32. The van der Waals surface area contributed by atoms with Crippen LogP contribution in [0.3, 0.4) is 0 Å². The monoisotopic (exact) mass is 306 g/mol. The fourth-order valence-electron chi connectivity index (χ4n) is 2.45. The van der Waals surface area contributed by atoms with Crippen LogP contribution in [0.25, 0.3) is 0 Å². The van der Waals surface area contributed by atoms with Gasteiger partial charge in [0.15, 0.2) is 0 Å². The molecule has 0 radical (unpaired) electrons. The molecule has 0 saturated carbocycles. The van der Waals surface area contributed by atoms with Gasteiger partial charge in [0.1, 0.15) is 12.2 Å². The zero-order valence-electron chi connectivity index (χ0n) is 13.2. The summed E-state index contributed by atoms with van der Waals surface area (Å²) in [6, 6.07) is 7.46. The summed E-state index contributed by atoms with van der Waals surface area (Å²) < 4.78 is 10.8. The molecular weight excluding hydrogens is 284 g/mol. The SMILES string of the molecule is CC(C)(C)OC(=O)N1c2ccccc2CC1COCC(N)=O. The Kier molecular flexibility index (Phi) is 4.71. The first-order valence-corrected chi connectivity index (χ1v) is 7.24. The third kappa shape index (κ3) is 3.98. The molecule has 2 N–H and O–H groups in total. The van der Waals surface area contributed by atoms with E-state index in [1.54, 1.807) is 4.90 Å². The fraction of sp³-hybridized carbons (Fsp3) is 0.500. The lowest BCUT2D eigenvalue weighted by molar-refractivity contribution is -0.122. The number of ether oxygens (including phenoxy) is 2. The van der Waals surface area contributed by atoms with Gasteiger partial charge in [-0.1, -0.05) is 18.2 Å². The predicted octanol–water partition coefficient (Wildman–Crippen LogP) is 1.85. The molecular formula is C16H22N2O4. The third-order valence-corrected chi connectivity index (χ3v) is 3.22. The van der Waals surface area contributed by atoms with Gasteiger partial charge >= 0.3 is 6.09 Å². The molecule has 0 bridgehead atoms. The summed E-state index contributed by atoms with van der Waals surface area (Å²) in [4.78, 5) is 24.9. The lowest BCUT2D eigenvalue weighted by atomic mass is 10.1. The first-order valence-electron chi connectivity index (χ1n) is 7.24. The Morgan fingerprint density at radius 1 is 1.32 bits per heavy atom. The average Bonchev–Trinajstić information content (AvgIpc) is 2.74. The number of nitrogens with two attached hydrogens (primary N) is 1. The van der Waals surface area contributed by atoms with Crippen LogP contribution in [0.15, 0.2) is 24.3 Å². The van der Waals surface area contributed by atoms with E-state index in [9.17, 15) is 9.59 Å². The predicted molar refractivity (Wildman–Crippen MR) is 82.7 cm³/mol. The van der Waals surface area contributed by atoms with Crippen molar-refractivity contribution in [2.75, 3.05) is 18.1 Å². The van der Waals surface area contributed by atoms with Crippen LogP contribution in [0.4, 0.5) is 10.5 Å². The number of hydrogen-bond acceptors (Lipinski definition) is 4. The maximum absolute atomic E-state index is 12.5. The number of rotatable bonds is 4. The second kappa shape index (κ2) is 6.36. The van der Waals surface area contributed by atoms with E-state index < -0.39 is 17.6 Å². The lowest BCUT2D eigenvalue weighted by Crippen LogP contribution is -2.44. The van der Waals surface area contributed by atoms with Gasteiger partial charge in [-0.15, -0.1) is 0 Å². The summed E-state index contributed by atoms with van der Waals surface area (Å²) in [5.74, 6) is -0.528. The molecule has 1 aromatic rings. The van der Waals surface area contributed by atoms with Crippen LogP contribution in [0.1, 0.15) is 26.3 Å². The topological polar surface area (TPSA) is 81.9 Å². The summed E-state index contributed by atoms with van der Waals surface area (Å²) in [5.41, 5.74) is 6.37. The van der Waals surface area contributed by atoms with Crippen LogP contribution in [0, 0.1) is 0 Å². The van der Waals surface area contributed by atoms with Crippen LogP contribution < -0.4 is 10.6 Å². The van der Waals surface area contributed by atoms with Gasteiger partial charge in [-0.25, -0.2) is 4.79 Å². The van der Waals surface area contributed by atoms with Crippen molar-refractivity contribution in [2.45, 2.75) is 38.8 Å². The molecule has 22 heavy (non-hydrogen) atoms. The van der Waals surface area contributed by atoms with Crippen molar-refractivity contribution in [1.82, 2.24) is 0 Å². The number of primary amides is 1. The molecule has 6 heteroatoms. The van der Waals surface area contributed by atoms with Crippen LogP contribution >= 0.6 is 0 Å². The molecule has 2 rings (SSSR count). The van der Waals surface area contributed by atoms with Crippen molar-refractivity contribution < 1.29 is 19.1 Å². The van der Waals surface area contributed by atoms with Crippen molar-refractivity contribution in [3.8, 4) is 0 Å². The number of carbonyl (C=O) groups excluding carboxylic acids is 2. The van der Waals surface area contributed by atoms with Gasteiger partial charge in [0.25, 0.3) is 0 Å². The molecule has 1 heterocycles. The summed E-state index contributed by atoms with van der Waals surface area (Å²) in [6.45, 7) is 5.55. The van der Waals surface area contributed by atoms with E-state index in [0.717, 1.165) is 11.3 Å². The van der Waals surface area contributed by atoms with E-state index in [4.69, 9.17) is 15.2 Å². The molecule has 6 nitrogen and oxygen atoms in total. The van der Waals surface area contributed by atoms with E-state index in [1.165, 1.54) is 0 Å². The quantitative estimate of drug-likeness (QED) is 0.920. The molecule has 1 aromatic carbocycles. The molecule has 0 fully saturated rings. The van der Waals surface area contributed by atoms with Gasteiger partial charge in [0, 0.05) is 0 Å². The van der Waals surface area contributed by atoms with Gasteiger partial charge in [0.2, 0.25) is 5.91 Å². The maximum atomic E-state index is 12.5.